The van der Waals surface area contributed by atoms with E-state index in [0.717, 1.165) is 12.8 Å². The smallest absolute Gasteiger partial charge is 0.311 e. The predicted octanol–water partition coefficient (Wildman–Crippen LogP) is 2.84. The van der Waals surface area contributed by atoms with E-state index in [1.807, 2.05) is 6.92 Å². The van der Waals surface area contributed by atoms with Gasteiger partial charge in [0.1, 0.15) is 5.82 Å². The van der Waals surface area contributed by atoms with Gasteiger partial charge in [-0.2, -0.15) is 0 Å². The maximum absolute atomic E-state index is 12.8. The summed E-state index contributed by atoms with van der Waals surface area (Å²) in [6.07, 6.45) is 1.37. The van der Waals surface area contributed by atoms with Crippen molar-refractivity contribution < 1.29 is 19.0 Å². The third-order valence-electron chi connectivity index (χ3n) is 2.97. The van der Waals surface area contributed by atoms with Crippen molar-refractivity contribution in [1.82, 2.24) is 0 Å². The van der Waals surface area contributed by atoms with Crippen LogP contribution >= 0.6 is 0 Å². The fraction of sp³-hybridized carbons (Fsp3) is 0.500. The molecule has 0 aliphatic rings. The molecule has 0 heterocycles. The van der Waals surface area contributed by atoms with Gasteiger partial charge in [0.2, 0.25) is 0 Å². The van der Waals surface area contributed by atoms with Gasteiger partial charge in [0.25, 0.3) is 0 Å². The number of methoxy groups -OCH3 is 1. The van der Waals surface area contributed by atoms with E-state index < -0.39 is 18.0 Å². The van der Waals surface area contributed by atoms with Gasteiger partial charge in [-0.25, -0.2) is 4.39 Å². The van der Waals surface area contributed by atoms with Crippen molar-refractivity contribution in [3.63, 3.8) is 0 Å². The Morgan fingerprint density at radius 2 is 2.00 bits per heavy atom. The van der Waals surface area contributed by atoms with Gasteiger partial charge in [-0.1, -0.05) is 31.9 Å². The second-order valence-corrected chi connectivity index (χ2v) is 4.27. The lowest BCUT2D eigenvalue weighted by Crippen LogP contribution is -2.23. The average Bonchev–Trinajstić information content (AvgIpc) is 2.39. The number of aliphatic hydroxyl groups excluding tert-OH is 1. The first-order chi connectivity index (χ1) is 8.60. The number of halogens is 1. The highest BCUT2D eigenvalue weighted by Gasteiger charge is 2.28. The van der Waals surface area contributed by atoms with E-state index in [-0.39, 0.29) is 5.82 Å². The van der Waals surface area contributed by atoms with Crippen molar-refractivity contribution in [1.29, 1.82) is 0 Å². The molecule has 0 aliphatic heterocycles. The van der Waals surface area contributed by atoms with Gasteiger partial charge in [0.15, 0.2) is 0 Å². The van der Waals surface area contributed by atoms with Crippen molar-refractivity contribution in [3.05, 3.63) is 35.6 Å². The largest absolute Gasteiger partial charge is 0.469 e. The molecule has 4 heteroatoms. The first-order valence-electron chi connectivity index (χ1n) is 6.11. The molecule has 2 unspecified atom stereocenters. The SMILES string of the molecule is CCCCC(C(=O)OC)C(O)c1ccc(F)cc1. The third kappa shape index (κ3) is 3.81. The van der Waals surface area contributed by atoms with Gasteiger partial charge in [-0.3, -0.25) is 4.79 Å². The molecule has 0 spiro atoms. The van der Waals surface area contributed by atoms with Crippen LogP contribution in [-0.2, 0) is 9.53 Å². The van der Waals surface area contributed by atoms with Crippen molar-refractivity contribution >= 4 is 5.97 Å². The summed E-state index contributed by atoms with van der Waals surface area (Å²) in [6, 6.07) is 5.52. The summed E-state index contributed by atoms with van der Waals surface area (Å²) in [4.78, 5) is 11.6. The molecule has 0 saturated heterocycles. The summed E-state index contributed by atoms with van der Waals surface area (Å²) < 4.78 is 17.5. The minimum absolute atomic E-state index is 0.367. The topological polar surface area (TPSA) is 46.5 Å². The van der Waals surface area contributed by atoms with Crippen LogP contribution in [0.3, 0.4) is 0 Å². The highest BCUT2D eigenvalue weighted by Crippen LogP contribution is 2.27. The molecule has 18 heavy (non-hydrogen) atoms. The summed E-state index contributed by atoms with van der Waals surface area (Å²) in [5.74, 6) is -1.39. The monoisotopic (exact) mass is 254 g/mol. The van der Waals surface area contributed by atoms with Gasteiger partial charge in [0, 0.05) is 0 Å². The van der Waals surface area contributed by atoms with Gasteiger partial charge >= 0.3 is 5.97 Å². The Labute approximate surface area is 107 Å². The van der Waals surface area contributed by atoms with E-state index in [2.05, 4.69) is 0 Å². The Bertz CT molecular complexity index is 375. The molecule has 1 aromatic rings. The lowest BCUT2D eigenvalue weighted by atomic mass is 9.91. The molecule has 0 fully saturated rings. The van der Waals surface area contributed by atoms with Crippen LogP contribution in [0.25, 0.3) is 0 Å². The number of carbonyl (C=O) groups is 1. The van der Waals surface area contributed by atoms with E-state index >= 15 is 0 Å². The first kappa shape index (κ1) is 14.6. The van der Waals surface area contributed by atoms with Crippen LogP contribution < -0.4 is 0 Å². The van der Waals surface area contributed by atoms with E-state index in [9.17, 15) is 14.3 Å². The molecule has 0 amide bonds. The van der Waals surface area contributed by atoms with Gasteiger partial charge in [0.05, 0.1) is 19.1 Å². The number of aliphatic hydroxyl groups is 1. The molecule has 2 atom stereocenters. The minimum atomic E-state index is -0.954. The fourth-order valence-electron chi connectivity index (χ4n) is 1.87. The Hall–Kier alpha value is -1.42. The van der Waals surface area contributed by atoms with Crippen LogP contribution in [0.5, 0.6) is 0 Å². The van der Waals surface area contributed by atoms with Crippen molar-refractivity contribution in [2.45, 2.75) is 32.3 Å². The zero-order valence-electron chi connectivity index (χ0n) is 10.7. The normalized spacial score (nSPS) is 14.0. The van der Waals surface area contributed by atoms with Crippen molar-refractivity contribution in [3.8, 4) is 0 Å². The van der Waals surface area contributed by atoms with E-state index in [1.54, 1.807) is 0 Å². The Kier molecular flexibility index (Phi) is 5.78. The lowest BCUT2D eigenvalue weighted by molar-refractivity contribution is -0.150. The number of hydrogen-bond donors (Lipinski definition) is 1. The molecular formula is C14H19FO3. The predicted molar refractivity (Wildman–Crippen MR) is 66.4 cm³/mol. The molecule has 0 aromatic heterocycles. The standard InChI is InChI=1S/C14H19FO3/c1-3-4-5-12(14(17)18-2)13(16)10-6-8-11(15)9-7-10/h6-9,12-13,16H,3-5H2,1-2H3. The second-order valence-electron chi connectivity index (χ2n) is 4.27. The number of esters is 1. The Morgan fingerprint density at radius 3 is 2.50 bits per heavy atom. The molecule has 0 aliphatic carbocycles. The van der Waals surface area contributed by atoms with E-state index in [1.165, 1.54) is 31.4 Å². The highest BCUT2D eigenvalue weighted by molar-refractivity contribution is 5.73. The third-order valence-corrected chi connectivity index (χ3v) is 2.97. The maximum Gasteiger partial charge on any atom is 0.311 e. The zero-order chi connectivity index (χ0) is 13.5. The quantitative estimate of drug-likeness (QED) is 0.794. The molecule has 1 aromatic carbocycles. The van der Waals surface area contributed by atoms with Crippen LogP contribution in [0.15, 0.2) is 24.3 Å². The van der Waals surface area contributed by atoms with Crippen LogP contribution in [-0.4, -0.2) is 18.2 Å². The summed E-state index contributed by atoms with van der Waals surface area (Å²) in [6.45, 7) is 2.01. The number of rotatable bonds is 6. The van der Waals surface area contributed by atoms with Crippen molar-refractivity contribution in [2.24, 2.45) is 5.92 Å². The van der Waals surface area contributed by atoms with E-state index in [4.69, 9.17) is 4.74 Å². The molecule has 0 radical (unpaired) electrons. The van der Waals surface area contributed by atoms with Crippen LogP contribution in [0, 0.1) is 11.7 Å². The maximum atomic E-state index is 12.8. The highest BCUT2D eigenvalue weighted by atomic mass is 19.1. The summed E-state index contributed by atoms with van der Waals surface area (Å²) >= 11 is 0. The summed E-state index contributed by atoms with van der Waals surface area (Å²) in [5, 5.41) is 10.2. The first-order valence-corrected chi connectivity index (χ1v) is 6.11. The zero-order valence-corrected chi connectivity index (χ0v) is 10.7. The molecule has 0 bridgehead atoms. The van der Waals surface area contributed by atoms with Crippen molar-refractivity contribution in [2.75, 3.05) is 7.11 Å². The van der Waals surface area contributed by atoms with Crippen LogP contribution in [0.1, 0.15) is 37.9 Å². The number of unbranched alkanes of at least 4 members (excludes halogenated alkanes) is 1. The van der Waals surface area contributed by atoms with Gasteiger partial charge in [-0.15, -0.1) is 0 Å². The molecule has 1 N–H and O–H groups in total. The molecule has 100 valence electrons. The number of hydrogen-bond acceptors (Lipinski definition) is 3. The average molecular weight is 254 g/mol. The Morgan fingerprint density at radius 1 is 1.39 bits per heavy atom. The second kappa shape index (κ2) is 7.11. The molecule has 1 rings (SSSR count). The Balaban J connectivity index is 2.83. The van der Waals surface area contributed by atoms with Gasteiger partial charge in [-0.05, 0) is 24.1 Å². The van der Waals surface area contributed by atoms with E-state index in [0.29, 0.717) is 12.0 Å². The fourth-order valence-corrected chi connectivity index (χ4v) is 1.87. The minimum Gasteiger partial charge on any atom is -0.469 e. The number of benzene rings is 1. The molecule has 3 nitrogen and oxygen atoms in total. The van der Waals surface area contributed by atoms with Crippen LogP contribution in [0.4, 0.5) is 4.39 Å². The number of carbonyl (C=O) groups excluding carboxylic acids is 1. The van der Waals surface area contributed by atoms with Gasteiger partial charge < -0.3 is 9.84 Å². The molecule has 0 saturated carbocycles. The number of ether oxygens (including phenoxy) is 1. The lowest BCUT2D eigenvalue weighted by Gasteiger charge is -2.20. The summed E-state index contributed by atoms with van der Waals surface area (Å²) in [7, 11) is 1.30. The summed E-state index contributed by atoms with van der Waals surface area (Å²) in [5.41, 5.74) is 0.530. The van der Waals surface area contributed by atoms with Crippen LogP contribution in [0.2, 0.25) is 0 Å². The molecular weight excluding hydrogens is 235 g/mol.